The Balaban J connectivity index is 1.76. The summed E-state index contributed by atoms with van der Waals surface area (Å²) < 4.78 is 48.9. The van der Waals surface area contributed by atoms with Gasteiger partial charge >= 0.3 is 0 Å². The van der Waals surface area contributed by atoms with Crippen LogP contribution in [0.25, 0.3) is 11.5 Å². The minimum Gasteiger partial charge on any atom is -0.445 e. The van der Waals surface area contributed by atoms with Crippen LogP contribution in [-0.2, 0) is 24.3 Å². The number of anilines is 1. The first-order valence-corrected chi connectivity index (χ1v) is 12.6. The van der Waals surface area contributed by atoms with Crippen molar-refractivity contribution < 1.29 is 31.6 Å². The van der Waals surface area contributed by atoms with E-state index in [9.17, 15) is 13.2 Å². The average Bonchev–Trinajstić information content (AvgIpc) is 3.55. The number of carbonyl (C=O) groups excluding carboxylic acids is 1. The molecule has 2 atom stereocenters. The van der Waals surface area contributed by atoms with Crippen molar-refractivity contribution >= 4 is 22.2 Å². The summed E-state index contributed by atoms with van der Waals surface area (Å²) in [6.07, 6.45) is 9.81. The van der Waals surface area contributed by atoms with E-state index in [0.717, 1.165) is 9.87 Å². The van der Waals surface area contributed by atoms with Crippen molar-refractivity contribution in [1.82, 2.24) is 10.1 Å². The standard InChI is InChI=1S/C25H27N3O7S/c1-18-19(2)27-35-24(18)28(17-33-15-14-32-3)36(30,31)25(16-29)11-5-4-6-22(25)20-7-9-21(10-8-20)23-26-12-13-34-23/h4-13,16,22H,14-15,17H2,1-3H3. The lowest BCUT2D eigenvalue weighted by atomic mass is 9.83. The van der Waals surface area contributed by atoms with E-state index in [-0.39, 0.29) is 25.8 Å². The highest BCUT2D eigenvalue weighted by molar-refractivity contribution is 7.95. The van der Waals surface area contributed by atoms with Crippen molar-refractivity contribution in [3.05, 3.63) is 77.9 Å². The zero-order chi connectivity index (χ0) is 25.8. The van der Waals surface area contributed by atoms with Gasteiger partial charge in [-0.25, -0.2) is 17.7 Å². The van der Waals surface area contributed by atoms with Crippen LogP contribution in [0.2, 0.25) is 0 Å². The summed E-state index contributed by atoms with van der Waals surface area (Å²) >= 11 is 0. The Morgan fingerprint density at radius 3 is 2.56 bits per heavy atom. The van der Waals surface area contributed by atoms with Gasteiger partial charge in [0.1, 0.15) is 19.3 Å². The summed E-state index contributed by atoms with van der Waals surface area (Å²) in [5, 5.41) is 3.90. The second-order valence-electron chi connectivity index (χ2n) is 8.23. The molecule has 2 heterocycles. The number of ether oxygens (including phenoxy) is 2. The maximum atomic E-state index is 14.3. The van der Waals surface area contributed by atoms with Crippen molar-refractivity contribution in [3.8, 4) is 11.5 Å². The SMILES string of the molecule is COCCOCN(c1onc(C)c1C)S(=O)(=O)C1(C=O)C=CC=CC1c1ccc(-c2ncco2)cc1. The van der Waals surface area contributed by atoms with Crippen LogP contribution in [0, 0.1) is 13.8 Å². The van der Waals surface area contributed by atoms with E-state index in [1.165, 1.54) is 19.4 Å². The highest BCUT2D eigenvalue weighted by Gasteiger charge is 2.53. The molecule has 0 N–H and O–H groups in total. The van der Waals surface area contributed by atoms with E-state index >= 15 is 0 Å². The molecule has 0 saturated carbocycles. The van der Waals surface area contributed by atoms with Crippen LogP contribution in [0.5, 0.6) is 0 Å². The normalized spacial score (nSPS) is 19.5. The van der Waals surface area contributed by atoms with E-state index in [1.807, 2.05) is 0 Å². The minimum atomic E-state index is -4.44. The lowest BCUT2D eigenvalue weighted by molar-refractivity contribution is -0.109. The quantitative estimate of drug-likeness (QED) is 0.215. The molecule has 11 heteroatoms. The fourth-order valence-electron chi connectivity index (χ4n) is 3.98. The van der Waals surface area contributed by atoms with E-state index < -0.39 is 20.7 Å². The average molecular weight is 514 g/mol. The van der Waals surface area contributed by atoms with Gasteiger partial charge in [0.15, 0.2) is 4.75 Å². The van der Waals surface area contributed by atoms with Crippen LogP contribution < -0.4 is 4.31 Å². The fraction of sp³-hybridized carbons (Fsp3) is 0.320. The number of hydrogen-bond donors (Lipinski definition) is 0. The number of aldehydes is 1. The van der Waals surface area contributed by atoms with Crippen LogP contribution in [0.4, 0.5) is 5.88 Å². The smallest absolute Gasteiger partial charge is 0.256 e. The maximum absolute atomic E-state index is 14.3. The summed E-state index contributed by atoms with van der Waals surface area (Å²) in [6.45, 7) is 3.43. The number of aryl methyl sites for hydroxylation is 1. The number of rotatable bonds is 11. The van der Waals surface area contributed by atoms with E-state index in [0.29, 0.717) is 29.0 Å². The lowest BCUT2D eigenvalue weighted by Gasteiger charge is -2.37. The predicted octanol–water partition coefficient (Wildman–Crippen LogP) is 3.55. The highest BCUT2D eigenvalue weighted by Crippen LogP contribution is 2.42. The molecule has 0 radical (unpaired) electrons. The number of benzene rings is 1. The molecule has 3 aromatic rings. The van der Waals surface area contributed by atoms with Crippen molar-refractivity contribution in [2.24, 2.45) is 0 Å². The lowest BCUT2D eigenvalue weighted by Crippen LogP contribution is -2.53. The molecule has 0 bridgehead atoms. The zero-order valence-electron chi connectivity index (χ0n) is 20.2. The second kappa shape index (κ2) is 10.6. The maximum Gasteiger partial charge on any atom is 0.256 e. The van der Waals surface area contributed by atoms with E-state index in [4.69, 9.17) is 18.4 Å². The first-order valence-electron chi connectivity index (χ1n) is 11.2. The van der Waals surface area contributed by atoms with Gasteiger partial charge in [-0.15, -0.1) is 0 Å². The Kier molecular flexibility index (Phi) is 7.53. The van der Waals surface area contributed by atoms with Crippen molar-refractivity contribution in [1.29, 1.82) is 0 Å². The first-order chi connectivity index (χ1) is 17.4. The third kappa shape index (κ3) is 4.52. The van der Waals surface area contributed by atoms with Crippen LogP contribution >= 0.6 is 0 Å². The topological polar surface area (TPSA) is 125 Å². The number of sulfonamides is 1. The van der Waals surface area contributed by atoms with Crippen molar-refractivity contribution in [2.45, 2.75) is 24.5 Å². The van der Waals surface area contributed by atoms with E-state index in [2.05, 4.69) is 10.1 Å². The van der Waals surface area contributed by atoms with Crippen LogP contribution in [0.15, 0.2) is 70.0 Å². The van der Waals surface area contributed by atoms with Crippen molar-refractivity contribution in [2.75, 3.05) is 31.4 Å². The summed E-state index contributed by atoms with van der Waals surface area (Å²) in [5.74, 6) is -0.396. The largest absolute Gasteiger partial charge is 0.445 e. The monoisotopic (exact) mass is 513 g/mol. The Morgan fingerprint density at radius 1 is 1.17 bits per heavy atom. The van der Waals surface area contributed by atoms with E-state index in [1.54, 1.807) is 62.5 Å². The molecule has 190 valence electrons. The third-order valence-electron chi connectivity index (χ3n) is 6.13. The van der Waals surface area contributed by atoms with Gasteiger partial charge in [-0.3, -0.25) is 0 Å². The molecule has 0 saturated heterocycles. The molecule has 0 fully saturated rings. The molecule has 1 aromatic carbocycles. The summed E-state index contributed by atoms with van der Waals surface area (Å²) in [7, 11) is -2.92. The molecule has 1 aliphatic rings. The summed E-state index contributed by atoms with van der Waals surface area (Å²) in [4.78, 5) is 16.9. The predicted molar refractivity (Wildman–Crippen MR) is 132 cm³/mol. The summed E-state index contributed by atoms with van der Waals surface area (Å²) in [6, 6.07) is 7.05. The van der Waals surface area contributed by atoms with Crippen LogP contribution in [0.3, 0.4) is 0 Å². The Morgan fingerprint density at radius 2 is 1.94 bits per heavy atom. The number of hydrogen-bond acceptors (Lipinski definition) is 9. The second-order valence-corrected chi connectivity index (χ2v) is 10.3. The van der Waals surface area contributed by atoms with Gasteiger partial charge in [0.2, 0.25) is 11.8 Å². The number of allylic oxidation sites excluding steroid dienone is 3. The molecule has 2 unspecified atom stereocenters. The van der Waals surface area contributed by atoms with Gasteiger partial charge < -0.3 is 23.2 Å². The van der Waals surface area contributed by atoms with Gasteiger partial charge in [-0.05, 0) is 31.5 Å². The number of oxazole rings is 1. The van der Waals surface area contributed by atoms with Gasteiger partial charge in [-0.1, -0.05) is 41.6 Å². The molecule has 4 rings (SSSR count). The Bertz CT molecular complexity index is 1340. The van der Waals surface area contributed by atoms with Crippen LogP contribution in [-0.4, -0.2) is 56.6 Å². The molecular weight excluding hydrogens is 486 g/mol. The Hall–Kier alpha value is -3.54. The van der Waals surface area contributed by atoms with Crippen molar-refractivity contribution in [3.63, 3.8) is 0 Å². The van der Waals surface area contributed by atoms with Crippen LogP contribution in [0.1, 0.15) is 22.7 Å². The fourth-order valence-corrected chi connectivity index (χ4v) is 5.87. The molecule has 0 aliphatic heterocycles. The zero-order valence-corrected chi connectivity index (χ0v) is 21.0. The minimum absolute atomic E-state index is 0.00733. The Labute approximate surface area is 209 Å². The number of methoxy groups -OCH3 is 1. The van der Waals surface area contributed by atoms with Gasteiger partial charge in [0.25, 0.3) is 10.0 Å². The molecule has 36 heavy (non-hydrogen) atoms. The molecule has 2 aromatic heterocycles. The molecule has 10 nitrogen and oxygen atoms in total. The number of aromatic nitrogens is 2. The molecule has 0 amide bonds. The molecule has 1 aliphatic carbocycles. The molecule has 0 spiro atoms. The molecular formula is C25H27N3O7S. The van der Waals surface area contributed by atoms with Gasteiger partial charge in [0, 0.05) is 24.2 Å². The number of carbonyl (C=O) groups is 1. The first kappa shape index (κ1) is 25.5. The number of nitrogens with zero attached hydrogens (tertiary/aromatic N) is 3. The van der Waals surface area contributed by atoms with Gasteiger partial charge in [-0.2, -0.15) is 0 Å². The highest BCUT2D eigenvalue weighted by atomic mass is 32.2. The van der Waals surface area contributed by atoms with Gasteiger partial charge in [0.05, 0.1) is 25.1 Å². The third-order valence-corrected chi connectivity index (χ3v) is 8.36. The summed E-state index contributed by atoms with van der Waals surface area (Å²) in [5.41, 5.74) is 2.39.